The van der Waals surface area contributed by atoms with E-state index in [1.165, 1.54) is 32.8 Å². The van der Waals surface area contributed by atoms with E-state index >= 15 is 0 Å². The van der Waals surface area contributed by atoms with Crippen LogP contribution in [0.25, 0.3) is 0 Å². The summed E-state index contributed by atoms with van der Waals surface area (Å²) < 4.78 is 4.90. The Hall–Kier alpha value is -0.550. The van der Waals surface area contributed by atoms with Gasteiger partial charge in [0.1, 0.15) is 0 Å². The maximum absolute atomic E-state index is 12.7. The smallest absolute Gasteiger partial charge is 0.310 e. The number of rotatable bonds is 1. The van der Waals surface area contributed by atoms with Crippen LogP contribution in [-0.2, 0) is 14.3 Å². The molecule has 3 fully saturated rings. The molecule has 1 aliphatic heterocycles. The molecule has 20 heavy (non-hydrogen) atoms. The second kappa shape index (κ2) is 5.68. The summed E-state index contributed by atoms with van der Waals surface area (Å²) in [5, 5.41) is 0.283. The first-order valence-corrected chi connectivity index (χ1v) is 8.67. The number of thioether (sulfide) groups is 1. The molecule has 0 radical (unpaired) electrons. The van der Waals surface area contributed by atoms with Gasteiger partial charge in [-0.05, 0) is 24.7 Å². The van der Waals surface area contributed by atoms with Crippen molar-refractivity contribution in [2.45, 2.75) is 43.4 Å². The molecule has 2 aliphatic carbocycles. The fraction of sp³-hybridized carbons (Fsp3) is 0.867. The molecule has 4 nitrogen and oxygen atoms in total. The molecule has 4 unspecified atom stereocenters. The summed E-state index contributed by atoms with van der Waals surface area (Å²) in [6.45, 7) is 0. The van der Waals surface area contributed by atoms with Gasteiger partial charge in [-0.1, -0.05) is 19.3 Å². The first-order chi connectivity index (χ1) is 9.63. The Morgan fingerprint density at radius 1 is 1.35 bits per heavy atom. The lowest BCUT2D eigenvalue weighted by atomic mass is 9.73. The lowest BCUT2D eigenvalue weighted by molar-refractivity contribution is -0.148. The third-order valence-electron chi connectivity index (χ3n) is 5.40. The van der Waals surface area contributed by atoms with Crippen LogP contribution in [0.3, 0.4) is 0 Å². The van der Waals surface area contributed by atoms with Crippen LogP contribution in [0.4, 0.5) is 0 Å². The lowest BCUT2D eigenvalue weighted by Gasteiger charge is -2.35. The Labute approximate surface area is 124 Å². The number of nitrogens with two attached hydrogens (primary N) is 1. The number of carbonyl (C=O) groups excluding carboxylic acids is 2. The minimum Gasteiger partial charge on any atom is -0.469 e. The van der Waals surface area contributed by atoms with Crippen LogP contribution in [0.2, 0.25) is 0 Å². The van der Waals surface area contributed by atoms with E-state index in [2.05, 4.69) is 0 Å². The number of fused-ring (bicyclic) bond motifs is 3. The normalized spacial score (nSPS) is 44.4. The van der Waals surface area contributed by atoms with Crippen LogP contribution in [-0.4, -0.2) is 35.9 Å². The molecule has 0 amide bonds. The van der Waals surface area contributed by atoms with Crippen LogP contribution in [0.5, 0.6) is 0 Å². The van der Waals surface area contributed by atoms with Gasteiger partial charge in [-0.3, -0.25) is 9.59 Å². The first kappa shape index (κ1) is 14.4. The molecule has 0 bridgehead atoms. The molecule has 2 N–H and O–H groups in total. The second-order valence-corrected chi connectivity index (χ2v) is 7.62. The molecule has 1 saturated heterocycles. The molecule has 6 atom stereocenters. The minimum absolute atomic E-state index is 0.102. The Bertz CT molecular complexity index is 414. The molecule has 1 heterocycles. The molecular formula is C15H23NO3S. The van der Waals surface area contributed by atoms with Gasteiger partial charge < -0.3 is 10.5 Å². The summed E-state index contributed by atoms with van der Waals surface area (Å²) in [5.41, 5.74) is 6.13. The highest BCUT2D eigenvalue weighted by Gasteiger charge is 2.53. The number of esters is 1. The number of Topliss-reactive ketones (excluding diaryl/α,β-unsaturated/α-hetero) is 1. The number of methoxy groups -OCH3 is 1. The van der Waals surface area contributed by atoms with Crippen molar-refractivity contribution in [3.63, 3.8) is 0 Å². The molecule has 0 aromatic heterocycles. The fourth-order valence-electron chi connectivity index (χ4n) is 4.42. The van der Waals surface area contributed by atoms with Crippen LogP contribution in [0.15, 0.2) is 0 Å². The number of hydrogen-bond donors (Lipinski definition) is 1. The second-order valence-electron chi connectivity index (χ2n) is 6.41. The summed E-state index contributed by atoms with van der Waals surface area (Å²) in [6, 6.07) is -0.388. The van der Waals surface area contributed by atoms with Crippen molar-refractivity contribution < 1.29 is 14.3 Å². The largest absolute Gasteiger partial charge is 0.469 e. The van der Waals surface area contributed by atoms with Crippen molar-refractivity contribution in [3.05, 3.63) is 0 Å². The van der Waals surface area contributed by atoms with Gasteiger partial charge in [-0.15, -0.1) is 0 Å². The van der Waals surface area contributed by atoms with Crippen molar-refractivity contribution in [2.24, 2.45) is 29.4 Å². The van der Waals surface area contributed by atoms with E-state index in [1.54, 1.807) is 11.8 Å². The minimum atomic E-state index is -0.388. The molecule has 0 aromatic rings. The molecule has 3 aliphatic rings. The van der Waals surface area contributed by atoms with Gasteiger partial charge in [0.15, 0.2) is 5.78 Å². The number of ketones is 1. The Morgan fingerprint density at radius 3 is 2.85 bits per heavy atom. The van der Waals surface area contributed by atoms with Crippen LogP contribution >= 0.6 is 11.8 Å². The predicted molar refractivity (Wildman–Crippen MR) is 78.3 cm³/mol. The molecule has 3 rings (SSSR count). The summed E-state index contributed by atoms with van der Waals surface area (Å²) in [7, 11) is 1.41. The molecule has 112 valence electrons. The van der Waals surface area contributed by atoms with Crippen molar-refractivity contribution in [1.29, 1.82) is 0 Å². The fourth-order valence-corrected chi connectivity index (χ4v) is 6.33. The van der Waals surface area contributed by atoms with Crippen molar-refractivity contribution in [1.82, 2.24) is 0 Å². The van der Waals surface area contributed by atoms with E-state index in [-0.39, 0.29) is 34.9 Å². The van der Waals surface area contributed by atoms with Gasteiger partial charge in [0.25, 0.3) is 0 Å². The first-order valence-electron chi connectivity index (χ1n) is 7.62. The molecule has 2 saturated carbocycles. The van der Waals surface area contributed by atoms with E-state index < -0.39 is 0 Å². The van der Waals surface area contributed by atoms with E-state index in [0.717, 1.165) is 6.42 Å². The third-order valence-corrected chi connectivity index (χ3v) is 6.98. The monoisotopic (exact) mass is 297 g/mol. The highest BCUT2D eigenvalue weighted by Crippen LogP contribution is 2.51. The Morgan fingerprint density at radius 2 is 2.10 bits per heavy atom. The standard InChI is InChI=1S/C15H23NO3S/c1-19-15(18)10-7-20-14-9-5-3-2-4-8(9)6-11(16)13(17)12(10)14/h8-12,14H,2-7,16H2,1H3/t8-,9-,10?,11?,12?,14?/m1/s1. The zero-order valence-electron chi connectivity index (χ0n) is 11.9. The van der Waals surface area contributed by atoms with Crippen LogP contribution in [0, 0.1) is 23.7 Å². The maximum Gasteiger partial charge on any atom is 0.310 e. The van der Waals surface area contributed by atoms with Crippen LogP contribution in [0.1, 0.15) is 32.1 Å². The topological polar surface area (TPSA) is 69.4 Å². The van der Waals surface area contributed by atoms with Crippen molar-refractivity contribution in [2.75, 3.05) is 12.9 Å². The number of hydrogen-bond acceptors (Lipinski definition) is 5. The Balaban J connectivity index is 1.91. The quantitative estimate of drug-likeness (QED) is 0.745. The van der Waals surface area contributed by atoms with Gasteiger partial charge in [0.2, 0.25) is 0 Å². The highest BCUT2D eigenvalue weighted by molar-refractivity contribution is 8.00. The van der Waals surface area contributed by atoms with Crippen molar-refractivity contribution >= 4 is 23.5 Å². The van der Waals surface area contributed by atoms with E-state index in [9.17, 15) is 9.59 Å². The molecule has 0 aromatic carbocycles. The molecule has 0 spiro atoms. The van der Waals surface area contributed by atoms with Gasteiger partial charge in [-0.25, -0.2) is 0 Å². The average Bonchev–Trinajstić information content (AvgIpc) is 2.86. The van der Waals surface area contributed by atoms with Gasteiger partial charge in [0.05, 0.1) is 19.1 Å². The van der Waals surface area contributed by atoms with E-state index in [4.69, 9.17) is 10.5 Å². The lowest BCUT2D eigenvalue weighted by Crippen LogP contribution is -2.41. The summed E-state index contributed by atoms with van der Waals surface area (Å²) >= 11 is 1.81. The average molecular weight is 297 g/mol. The summed E-state index contributed by atoms with van der Waals surface area (Å²) in [5.74, 6) is 1.21. The molecular weight excluding hydrogens is 274 g/mol. The number of carbonyl (C=O) groups is 2. The number of ether oxygens (including phenoxy) is 1. The summed E-state index contributed by atoms with van der Waals surface area (Å²) in [4.78, 5) is 24.6. The SMILES string of the molecule is COC(=O)C1CSC2C1C(=O)C(N)C[C@H]1CCCC[C@@H]21. The summed E-state index contributed by atoms with van der Waals surface area (Å²) in [6.07, 6.45) is 5.69. The van der Waals surface area contributed by atoms with Crippen molar-refractivity contribution in [3.8, 4) is 0 Å². The van der Waals surface area contributed by atoms with Gasteiger partial charge in [-0.2, -0.15) is 11.8 Å². The highest BCUT2D eigenvalue weighted by atomic mass is 32.2. The van der Waals surface area contributed by atoms with Gasteiger partial charge >= 0.3 is 5.97 Å². The maximum atomic E-state index is 12.7. The van der Waals surface area contributed by atoms with E-state index in [0.29, 0.717) is 17.6 Å². The van der Waals surface area contributed by atoms with Crippen LogP contribution < -0.4 is 5.73 Å². The molecule has 5 heteroatoms. The predicted octanol–water partition coefficient (Wildman–Crippen LogP) is 1.61. The Kier molecular flexibility index (Phi) is 4.09. The van der Waals surface area contributed by atoms with E-state index in [1.807, 2.05) is 0 Å². The zero-order valence-corrected chi connectivity index (χ0v) is 12.7. The third kappa shape index (κ3) is 2.29. The zero-order chi connectivity index (χ0) is 14.3. The van der Waals surface area contributed by atoms with Gasteiger partial charge in [0, 0.05) is 16.9 Å².